The molecule has 1 saturated carbocycles. The molecule has 1 N–H and O–H groups in total. The van der Waals surface area contributed by atoms with Gasteiger partial charge < -0.3 is 5.32 Å². The van der Waals surface area contributed by atoms with E-state index >= 15 is 0 Å². The fourth-order valence-corrected chi connectivity index (χ4v) is 4.77. The molecule has 2 rings (SSSR count). The first-order valence-corrected chi connectivity index (χ1v) is 9.02. The first-order valence-electron chi connectivity index (χ1n) is 8.20. The molecule has 1 aliphatic rings. The highest BCUT2D eigenvalue weighted by Gasteiger charge is 2.37. The Morgan fingerprint density at radius 3 is 2.35 bits per heavy atom. The average molecular weight is 294 g/mol. The highest BCUT2D eigenvalue weighted by atomic mass is 32.1. The van der Waals surface area contributed by atoms with E-state index in [-0.39, 0.29) is 5.41 Å². The molecule has 0 aromatic carbocycles. The van der Waals surface area contributed by atoms with E-state index in [1.54, 1.807) is 4.88 Å². The largest absolute Gasteiger partial charge is 0.309 e. The zero-order valence-electron chi connectivity index (χ0n) is 13.9. The molecular formula is C18H31NS. The molecule has 1 aliphatic carbocycles. The van der Waals surface area contributed by atoms with Crippen molar-refractivity contribution in [1.82, 2.24) is 5.32 Å². The average Bonchev–Trinajstić information content (AvgIpc) is 2.85. The van der Waals surface area contributed by atoms with Crippen molar-refractivity contribution >= 4 is 11.3 Å². The van der Waals surface area contributed by atoms with Crippen molar-refractivity contribution in [2.75, 3.05) is 6.54 Å². The number of hydrogen-bond donors (Lipinski definition) is 1. The second-order valence-corrected chi connectivity index (χ2v) is 8.77. The molecule has 0 radical (unpaired) electrons. The summed E-state index contributed by atoms with van der Waals surface area (Å²) < 4.78 is 0. The molecule has 1 aromatic heterocycles. The van der Waals surface area contributed by atoms with Crippen molar-refractivity contribution in [3.8, 4) is 0 Å². The van der Waals surface area contributed by atoms with E-state index in [4.69, 9.17) is 0 Å². The normalized spacial score (nSPS) is 20.9. The van der Waals surface area contributed by atoms with E-state index in [1.807, 2.05) is 11.3 Å². The minimum absolute atomic E-state index is 0.271. The van der Waals surface area contributed by atoms with E-state index in [1.165, 1.54) is 37.0 Å². The molecule has 0 amide bonds. The van der Waals surface area contributed by atoms with Gasteiger partial charge in [0.25, 0.3) is 0 Å². The molecule has 0 saturated heterocycles. The predicted octanol–water partition coefficient (Wildman–Crippen LogP) is 5.67. The lowest BCUT2D eigenvalue weighted by molar-refractivity contribution is 0.148. The monoisotopic (exact) mass is 293 g/mol. The summed E-state index contributed by atoms with van der Waals surface area (Å²) in [6, 6.07) is 5.25. The molecule has 0 spiro atoms. The topological polar surface area (TPSA) is 12.0 Å². The maximum Gasteiger partial charge on any atom is 0.0469 e. The molecule has 0 bridgehead atoms. The second-order valence-electron chi connectivity index (χ2n) is 7.66. The van der Waals surface area contributed by atoms with Crippen LogP contribution in [0.2, 0.25) is 0 Å². The van der Waals surface area contributed by atoms with Crippen LogP contribution in [0, 0.1) is 5.41 Å². The Morgan fingerprint density at radius 1 is 1.20 bits per heavy atom. The lowest BCUT2D eigenvalue weighted by Gasteiger charge is -2.41. The Bertz CT molecular complexity index is 421. The highest BCUT2D eigenvalue weighted by Crippen LogP contribution is 2.47. The van der Waals surface area contributed by atoms with E-state index in [0.717, 1.165) is 6.54 Å². The number of nitrogens with one attached hydrogen (secondary N) is 1. The van der Waals surface area contributed by atoms with Crippen molar-refractivity contribution in [3.05, 3.63) is 21.9 Å². The standard InChI is InChI=1S/C18H31NS/c1-6-19-16(18(5)12-8-7-9-13-18)14-10-11-15(20-14)17(2,3)4/h10-11,16,19H,6-9,12-13H2,1-5H3. The zero-order valence-corrected chi connectivity index (χ0v) is 14.7. The zero-order chi connectivity index (χ0) is 14.8. The second kappa shape index (κ2) is 6.19. The van der Waals surface area contributed by atoms with Crippen LogP contribution in [0.5, 0.6) is 0 Å². The molecule has 20 heavy (non-hydrogen) atoms. The third kappa shape index (κ3) is 3.46. The number of rotatable bonds is 4. The smallest absolute Gasteiger partial charge is 0.0469 e. The summed E-state index contributed by atoms with van der Waals surface area (Å²) in [7, 11) is 0. The molecule has 1 fully saturated rings. The Morgan fingerprint density at radius 2 is 1.85 bits per heavy atom. The summed E-state index contributed by atoms with van der Waals surface area (Å²) in [5.74, 6) is 0. The van der Waals surface area contributed by atoms with Gasteiger partial charge in [0.2, 0.25) is 0 Å². The van der Waals surface area contributed by atoms with Crippen LogP contribution in [0.4, 0.5) is 0 Å². The Kier molecular flexibility index (Phi) is 4.96. The minimum atomic E-state index is 0.271. The van der Waals surface area contributed by atoms with Gasteiger partial charge in [-0.25, -0.2) is 0 Å². The Labute approximate surface area is 129 Å². The van der Waals surface area contributed by atoms with Gasteiger partial charge >= 0.3 is 0 Å². The molecule has 1 nitrogen and oxygen atoms in total. The van der Waals surface area contributed by atoms with E-state index in [2.05, 4.69) is 52.1 Å². The first kappa shape index (κ1) is 16.0. The summed E-state index contributed by atoms with van der Waals surface area (Å²) in [6.45, 7) is 12.7. The summed E-state index contributed by atoms with van der Waals surface area (Å²) in [4.78, 5) is 3.05. The van der Waals surface area contributed by atoms with Crippen LogP contribution in [0.15, 0.2) is 12.1 Å². The number of hydrogen-bond acceptors (Lipinski definition) is 2. The number of thiophene rings is 1. The van der Waals surface area contributed by atoms with Crippen LogP contribution in [0.25, 0.3) is 0 Å². The molecule has 1 aromatic rings. The van der Waals surface area contributed by atoms with Crippen LogP contribution >= 0.6 is 11.3 Å². The van der Waals surface area contributed by atoms with Crippen LogP contribution < -0.4 is 5.32 Å². The van der Waals surface area contributed by atoms with Crippen molar-refractivity contribution < 1.29 is 0 Å². The van der Waals surface area contributed by atoms with Crippen molar-refractivity contribution in [3.63, 3.8) is 0 Å². The van der Waals surface area contributed by atoms with E-state index in [0.29, 0.717) is 11.5 Å². The van der Waals surface area contributed by atoms with Crippen LogP contribution in [-0.2, 0) is 5.41 Å². The molecular weight excluding hydrogens is 262 g/mol. The summed E-state index contributed by atoms with van der Waals surface area (Å²) in [5, 5.41) is 3.78. The van der Waals surface area contributed by atoms with E-state index in [9.17, 15) is 0 Å². The molecule has 1 unspecified atom stereocenters. The predicted molar refractivity (Wildman–Crippen MR) is 90.6 cm³/mol. The van der Waals surface area contributed by atoms with Crippen molar-refractivity contribution in [2.45, 2.75) is 78.2 Å². The molecule has 2 heteroatoms. The van der Waals surface area contributed by atoms with Gasteiger partial charge in [0.15, 0.2) is 0 Å². The maximum atomic E-state index is 3.78. The lowest BCUT2D eigenvalue weighted by Crippen LogP contribution is -2.37. The van der Waals surface area contributed by atoms with Gasteiger partial charge in [-0.15, -0.1) is 11.3 Å². The molecule has 1 heterocycles. The van der Waals surface area contributed by atoms with Crippen LogP contribution in [0.1, 0.15) is 82.5 Å². The molecule has 114 valence electrons. The van der Waals surface area contributed by atoms with Gasteiger partial charge in [-0.1, -0.05) is 53.9 Å². The molecule has 0 aliphatic heterocycles. The summed E-state index contributed by atoms with van der Waals surface area (Å²) in [6.07, 6.45) is 6.96. The quantitative estimate of drug-likeness (QED) is 0.754. The van der Waals surface area contributed by atoms with Gasteiger partial charge in [0, 0.05) is 15.8 Å². The van der Waals surface area contributed by atoms with Gasteiger partial charge in [-0.3, -0.25) is 0 Å². The minimum Gasteiger partial charge on any atom is -0.309 e. The highest BCUT2D eigenvalue weighted by molar-refractivity contribution is 7.12. The van der Waals surface area contributed by atoms with Gasteiger partial charge in [0.1, 0.15) is 0 Å². The maximum absolute atomic E-state index is 3.78. The van der Waals surface area contributed by atoms with Gasteiger partial charge in [-0.05, 0) is 42.3 Å². The van der Waals surface area contributed by atoms with Crippen molar-refractivity contribution in [1.29, 1.82) is 0 Å². The van der Waals surface area contributed by atoms with Crippen LogP contribution in [0.3, 0.4) is 0 Å². The van der Waals surface area contributed by atoms with E-state index < -0.39 is 0 Å². The summed E-state index contributed by atoms with van der Waals surface area (Å²) >= 11 is 2.02. The lowest BCUT2D eigenvalue weighted by atomic mass is 9.70. The molecule has 1 atom stereocenters. The van der Waals surface area contributed by atoms with Crippen LogP contribution in [-0.4, -0.2) is 6.54 Å². The van der Waals surface area contributed by atoms with Gasteiger partial charge in [-0.2, -0.15) is 0 Å². The SMILES string of the molecule is CCNC(c1ccc(C(C)(C)C)s1)C1(C)CCCCC1. The summed E-state index contributed by atoms with van der Waals surface area (Å²) in [5.41, 5.74) is 0.710. The first-order chi connectivity index (χ1) is 9.37. The van der Waals surface area contributed by atoms with Crippen molar-refractivity contribution in [2.24, 2.45) is 5.41 Å². The fourth-order valence-electron chi connectivity index (χ4n) is 3.45. The fraction of sp³-hybridized carbons (Fsp3) is 0.778. The third-order valence-electron chi connectivity index (χ3n) is 4.75. The Balaban J connectivity index is 2.26. The third-order valence-corrected chi connectivity index (χ3v) is 6.33. The Hall–Kier alpha value is -0.340. The van der Waals surface area contributed by atoms with Gasteiger partial charge in [0.05, 0.1) is 0 Å².